The van der Waals surface area contributed by atoms with Gasteiger partial charge in [-0.3, -0.25) is 0 Å². The van der Waals surface area contributed by atoms with Crippen LogP contribution in [0.25, 0.3) is 5.52 Å². The van der Waals surface area contributed by atoms with Crippen molar-refractivity contribution in [3.05, 3.63) is 24.2 Å². The number of carbonyl (C=O) groups excluding carboxylic acids is 1. The van der Waals surface area contributed by atoms with E-state index >= 15 is 0 Å². The lowest BCUT2D eigenvalue weighted by atomic mass is 9.97. The third kappa shape index (κ3) is 2.89. The van der Waals surface area contributed by atoms with E-state index in [-0.39, 0.29) is 6.61 Å². The third-order valence-corrected chi connectivity index (χ3v) is 4.87. The van der Waals surface area contributed by atoms with Gasteiger partial charge in [0.2, 0.25) is 0 Å². The molecule has 2 aliphatic rings. The fourth-order valence-electron chi connectivity index (χ4n) is 3.70. The van der Waals surface area contributed by atoms with Crippen LogP contribution in [0.2, 0.25) is 0 Å². The average Bonchev–Trinajstić information content (AvgIpc) is 3.25. The second-order valence-electron chi connectivity index (χ2n) is 7.32. The minimum absolute atomic E-state index is 0.0444. The van der Waals surface area contributed by atoms with Gasteiger partial charge in [0, 0.05) is 0 Å². The molecule has 0 amide bonds. The van der Waals surface area contributed by atoms with Crippen LogP contribution in [0.3, 0.4) is 0 Å². The highest BCUT2D eigenvalue weighted by Crippen LogP contribution is 2.50. The highest BCUT2D eigenvalue weighted by atomic mass is 16.8. The minimum Gasteiger partial charge on any atom is -0.438 e. The van der Waals surface area contributed by atoms with Gasteiger partial charge in [0.05, 0.1) is 12.8 Å². The van der Waals surface area contributed by atoms with E-state index < -0.39 is 35.9 Å². The summed E-state index contributed by atoms with van der Waals surface area (Å²) in [7, 11) is 1.25. The van der Waals surface area contributed by atoms with Crippen molar-refractivity contribution in [3.63, 3.8) is 0 Å². The number of carbonyl (C=O) groups is 1. The van der Waals surface area contributed by atoms with Crippen molar-refractivity contribution in [2.75, 3.05) is 19.5 Å². The number of aromatic nitrogens is 3. The lowest BCUT2D eigenvalue weighted by Crippen LogP contribution is -2.45. The molecular formula is C17H22N4O6. The SMILES string of the molecule is COC(=O)OC[C@@]1(C)O[C@@H](c2ccc3c(N)ncnn23)[C@@H]2OC(C)(C)O[C@@H]21. The van der Waals surface area contributed by atoms with Crippen LogP contribution in [0.15, 0.2) is 18.5 Å². The summed E-state index contributed by atoms with van der Waals surface area (Å²) < 4.78 is 29.9. The van der Waals surface area contributed by atoms with E-state index in [0.29, 0.717) is 11.3 Å². The fraction of sp³-hybridized carbons (Fsp3) is 0.588. The van der Waals surface area contributed by atoms with E-state index in [4.69, 9.17) is 24.7 Å². The van der Waals surface area contributed by atoms with Crippen molar-refractivity contribution >= 4 is 17.5 Å². The normalized spacial score (nSPS) is 31.8. The summed E-state index contributed by atoms with van der Waals surface area (Å²) in [6.07, 6.45) is -0.771. The first-order valence-electron chi connectivity index (χ1n) is 8.56. The quantitative estimate of drug-likeness (QED) is 0.791. The summed E-state index contributed by atoms with van der Waals surface area (Å²) in [5.41, 5.74) is 6.42. The summed E-state index contributed by atoms with van der Waals surface area (Å²) in [4.78, 5) is 15.4. The third-order valence-electron chi connectivity index (χ3n) is 4.87. The summed E-state index contributed by atoms with van der Waals surface area (Å²) in [5, 5.41) is 4.28. The summed E-state index contributed by atoms with van der Waals surface area (Å²) in [6, 6.07) is 3.69. The molecule has 4 heterocycles. The molecule has 0 unspecified atom stereocenters. The number of fused-ring (bicyclic) bond motifs is 2. The van der Waals surface area contributed by atoms with Crippen molar-refractivity contribution in [1.82, 2.24) is 14.6 Å². The smallest absolute Gasteiger partial charge is 0.438 e. The van der Waals surface area contributed by atoms with E-state index in [1.807, 2.05) is 32.9 Å². The number of ether oxygens (including phenoxy) is 5. The van der Waals surface area contributed by atoms with Gasteiger partial charge in [0.15, 0.2) is 11.6 Å². The van der Waals surface area contributed by atoms with Gasteiger partial charge in [-0.15, -0.1) is 0 Å². The lowest BCUT2D eigenvalue weighted by Gasteiger charge is -2.30. The van der Waals surface area contributed by atoms with E-state index in [9.17, 15) is 4.79 Å². The van der Waals surface area contributed by atoms with Crippen LogP contribution in [-0.4, -0.2) is 58.1 Å². The van der Waals surface area contributed by atoms with Gasteiger partial charge >= 0.3 is 6.16 Å². The Morgan fingerprint density at radius 2 is 2.07 bits per heavy atom. The van der Waals surface area contributed by atoms with Crippen LogP contribution in [-0.2, 0) is 23.7 Å². The molecule has 0 bridgehead atoms. The van der Waals surface area contributed by atoms with Gasteiger partial charge in [-0.05, 0) is 32.9 Å². The van der Waals surface area contributed by atoms with Crippen LogP contribution in [0.4, 0.5) is 10.6 Å². The number of nitrogens with zero attached hydrogens (tertiary/aromatic N) is 3. The van der Waals surface area contributed by atoms with Crippen molar-refractivity contribution in [3.8, 4) is 0 Å². The molecule has 0 spiro atoms. The Morgan fingerprint density at radius 3 is 2.81 bits per heavy atom. The Morgan fingerprint density at radius 1 is 1.30 bits per heavy atom. The van der Waals surface area contributed by atoms with Crippen molar-refractivity contribution < 1.29 is 28.5 Å². The van der Waals surface area contributed by atoms with Crippen LogP contribution >= 0.6 is 0 Å². The Bertz CT molecular complexity index is 883. The fourth-order valence-corrected chi connectivity index (χ4v) is 3.70. The standard InChI is InChI=1S/C17H22N4O6/c1-16(2)25-12-11(9-5-6-10-14(18)19-8-20-21(9)10)26-17(3,13(12)27-16)7-24-15(22)23-4/h5-6,8,11-13H,7H2,1-4H3,(H2,18,19,20)/t11-,12-,13-,17+/m0/s1. The number of anilines is 1. The predicted octanol–water partition coefficient (Wildman–Crippen LogP) is 1.44. The number of hydrogen-bond donors (Lipinski definition) is 1. The molecule has 146 valence electrons. The first-order chi connectivity index (χ1) is 12.7. The molecule has 2 aliphatic heterocycles. The number of hydrogen-bond acceptors (Lipinski definition) is 9. The first kappa shape index (κ1) is 18.0. The molecule has 10 heteroatoms. The van der Waals surface area contributed by atoms with Crippen LogP contribution in [0.1, 0.15) is 32.6 Å². The van der Waals surface area contributed by atoms with Gasteiger partial charge in [-0.1, -0.05) is 0 Å². The molecule has 2 aromatic rings. The van der Waals surface area contributed by atoms with Gasteiger partial charge in [0.25, 0.3) is 0 Å². The Labute approximate surface area is 155 Å². The highest BCUT2D eigenvalue weighted by Gasteiger charge is 2.62. The van der Waals surface area contributed by atoms with E-state index in [1.54, 1.807) is 4.52 Å². The Kier molecular flexibility index (Phi) is 4.02. The van der Waals surface area contributed by atoms with Gasteiger partial charge < -0.3 is 29.4 Å². The zero-order chi connectivity index (χ0) is 19.4. The van der Waals surface area contributed by atoms with E-state index in [0.717, 1.165) is 5.69 Å². The molecule has 2 fully saturated rings. The predicted molar refractivity (Wildman–Crippen MR) is 91.8 cm³/mol. The Hall–Kier alpha value is -2.43. The molecule has 2 aromatic heterocycles. The average molecular weight is 378 g/mol. The Balaban J connectivity index is 1.70. The maximum absolute atomic E-state index is 11.4. The molecule has 0 radical (unpaired) electrons. The van der Waals surface area contributed by atoms with E-state index in [2.05, 4.69) is 14.8 Å². The molecule has 0 saturated carbocycles. The molecule has 27 heavy (non-hydrogen) atoms. The number of nitrogens with two attached hydrogens (primary N) is 1. The zero-order valence-corrected chi connectivity index (χ0v) is 15.5. The number of methoxy groups -OCH3 is 1. The molecule has 0 aliphatic carbocycles. The van der Waals surface area contributed by atoms with Crippen molar-refractivity contribution in [1.29, 1.82) is 0 Å². The van der Waals surface area contributed by atoms with Crippen LogP contribution < -0.4 is 5.73 Å². The minimum atomic E-state index is -0.931. The molecular weight excluding hydrogens is 356 g/mol. The number of nitrogen functional groups attached to an aromatic ring is 1. The van der Waals surface area contributed by atoms with E-state index in [1.165, 1.54) is 13.4 Å². The maximum atomic E-state index is 11.4. The zero-order valence-electron chi connectivity index (χ0n) is 15.5. The van der Waals surface area contributed by atoms with Crippen LogP contribution in [0, 0.1) is 0 Å². The molecule has 10 nitrogen and oxygen atoms in total. The van der Waals surface area contributed by atoms with Gasteiger partial charge in [-0.2, -0.15) is 5.10 Å². The maximum Gasteiger partial charge on any atom is 0.508 e. The largest absolute Gasteiger partial charge is 0.508 e. The summed E-state index contributed by atoms with van der Waals surface area (Å²) in [5.74, 6) is -0.433. The molecule has 2 saturated heterocycles. The summed E-state index contributed by atoms with van der Waals surface area (Å²) >= 11 is 0. The molecule has 2 N–H and O–H groups in total. The second-order valence-corrected chi connectivity index (χ2v) is 7.32. The van der Waals surface area contributed by atoms with Crippen LogP contribution in [0.5, 0.6) is 0 Å². The van der Waals surface area contributed by atoms with Crippen molar-refractivity contribution in [2.24, 2.45) is 0 Å². The first-order valence-corrected chi connectivity index (χ1v) is 8.56. The van der Waals surface area contributed by atoms with Gasteiger partial charge in [-0.25, -0.2) is 14.3 Å². The highest BCUT2D eigenvalue weighted by molar-refractivity contribution is 5.65. The lowest BCUT2D eigenvalue weighted by molar-refractivity contribution is -0.214. The number of rotatable bonds is 3. The molecule has 4 atom stereocenters. The monoisotopic (exact) mass is 378 g/mol. The summed E-state index contributed by atoms with van der Waals surface area (Å²) in [6.45, 7) is 5.44. The molecule has 4 rings (SSSR count). The topological polar surface area (TPSA) is 119 Å². The van der Waals surface area contributed by atoms with Crippen molar-refractivity contribution in [2.45, 2.75) is 50.5 Å². The van der Waals surface area contributed by atoms with Gasteiger partial charge in [0.1, 0.15) is 42.4 Å². The second kappa shape index (κ2) is 6.04. The molecule has 0 aromatic carbocycles.